The highest BCUT2D eigenvalue weighted by molar-refractivity contribution is 6.01. The van der Waals surface area contributed by atoms with Crippen LogP contribution in [0, 0.1) is 16.0 Å². The van der Waals surface area contributed by atoms with Crippen LogP contribution in [-0.2, 0) is 19.1 Å². The van der Waals surface area contributed by atoms with E-state index in [9.17, 15) is 29.3 Å². The molecule has 2 aromatic carbocycles. The summed E-state index contributed by atoms with van der Waals surface area (Å²) >= 11 is 0. The number of ketones is 1. The fourth-order valence-electron chi connectivity index (χ4n) is 3.30. The molecule has 10 heteroatoms. The van der Waals surface area contributed by atoms with Crippen molar-refractivity contribution in [2.45, 2.75) is 19.8 Å². The first-order valence-corrected chi connectivity index (χ1v) is 10.3. The van der Waals surface area contributed by atoms with E-state index in [4.69, 9.17) is 9.47 Å². The Morgan fingerprint density at radius 1 is 1.09 bits per heavy atom. The zero-order valence-electron chi connectivity index (χ0n) is 17.9. The summed E-state index contributed by atoms with van der Waals surface area (Å²) in [5.74, 6) is -2.79. The van der Waals surface area contributed by atoms with E-state index in [0.717, 1.165) is 6.07 Å². The van der Waals surface area contributed by atoms with Crippen molar-refractivity contribution in [2.75, 3.05) is 24.7 Å². The van der Waals surface area contributed by atoms with Gasteiger partial charge >= 0.3 is 11.9 Å². The van der Waals surface area contributed by atoms with Crippen molar-refractivity contribution in [3.8, 4) is 0 Å². The van der Waals surface area contributed by atoms with Gasteiger partial charge in [-0.2, -0.15) is 0 Å². The fraction of sp³-hybridized carbons (Fsp3) is 0.304. The number of hydrogen-bond acceptors (Lipinski definition) is 8. The third-order valence-electron chi connectivity index (χ3n) is 5.03. The normalized spacial score (nSPS) is 15.2. The molecule has 1 aliphatic rings. The number of nitro benzene ring substituents is 1. The molecule has 0 radical (unpaired) electrons. The number of esters is 2. The molecule has 1 amide bonds. The third-order valence-corrected chi connectivity index (χ3v) is 5.03. The molecule has 1 aliphatic heterocycles. The monoisotopic (exact) mass is 454 g/mol. The van der Waals surface area contributed by atoms with E-state index in [1.165, 1.54) is 23.1 Å². The Hall–Kier alpha value is -4.08. The first kappa shape index (κ1) is 23.6. The Morgan fingerprint density at radius 2 is 1.82 bits per heavy atom. The van der Waals surface area contributed by atoms with Crippen molar-refractivity contribution < 1.29 is 33.6 Å². The number of rotatable bonds is 9. The highest BCUT2D eigenvalue weighted by atomic mass is 16.6. The molecular weight excluding hydrogens is 432 g/mol. The largest absolute Gasteiger partial charge is 0.462 e. The first-order chi connectivity index (χ1) is 15.8. The second-order valence-electron chi connectivity index (χ2n) is 7.43. The van der Waals surface area contributed by atoms with Gasteiger partial charge in [0.2, 0.25) is 11.7 Å². The number of nitrogens with zero attached hydrogens (tertiary/aromatic N) is 2. The Bertz CT molecular complexity index is 1080. The molecule has 1 saturated heterocycles. The van der Waals surface area contributed by atoms with Gasteiger partial charge in [0.15, 0.2) is 6.61 Å². The minimum Gasteiger partial charge on any atom is -0.462 e. The quantitative estimate of drug-likeness (QED) is 0.244. The van der Waals surface area contributed by atoms with Gasteiger partial charge in [-0.15, -0.1) is 0 Å². The SMILES string of the molecule is CCCOC(=O)c1ccc(N2C[C@H](C(=O)OCC(=O)c3cccc([N+](=O)[O-])c3)CC2=O)cc1. The molecule has 0 N–H and O–H groups in total. The highest BCUT2D eigenvalue weighted by Gasteiger charge is 2.36. The minimum atomic E-state index is -0.760. The number of nitro groups is 1. The molecular formula is C23H22N2O8. The summed E-state index contributed by atoms with van der Waals surface area (Å²) in [5.41, 5.74) is 0.692. The number of Topliss-reactive ketones (excluding diaryl/α,β-unsaturated/α-hetero) is 1. The van der Waals surface area contributed by atoms with Gasteiger partial charge in [-0.25, -0.2) is 4.79 Å². The molecule has 2 aromatic rings. The molecule has 1 heterocycles. The molecule has 0 unspecified atom stereocenters. The average Bonchev–Trinajstić information content (AvgIpc) is 3.22. The number of hydrogen-bond donors (Lipinski definition) is 0. The highest BCUT2D eigenvalue weighted by Crippen LogP contribution is 2.26. The number of ether oxygens (including phenoxy) is 2. The summed E-state index contributed by atoms with van der Waals surface area (Å²) in [6, 6.07) is 11.4. The molecule has 3 rings (SSSR count). The summed E-state index contributed by atoms with van der Waals surface area (Å²) < 4.78 is 10.1. The summed E-state index contributed by atoms with van der Waals surface area (Å²) in [4.78, 5) is 60.6. The van der Waals surface area contributed by atoms with Crippen LogP contribution in [0.15, 0.2) is 48.5 Å². The third kappa shape index (κ3) is 5.79. The number of anilines is 1. The molecule has 10 nitrogen and oxygen atoms in total. The van der Waals surface area contributed by atoms with Crippen LogP contribution in [0.5, 0.6) is 0 Å². The molecule has 1 fully saturated rings. The van der Waals surface area contributed by atoms with Gasteiger partial charge in [0.1, 0.15) is 0 Å². The van der Waals surface area contributed by atoms with E-state index >= 15 is 0 Å². The maximum Gasteiger partial charge on any atom is 0.338 e. The number of carbonyl (C=O) groups is 4. The van der Waals surface area contributed by atoms with E-state index in [1.807, 2.05) is 6.92 Å². The maximum atomic E-state index is 12.4. The lowest BCUT2D eigenvalue weighted by Crippen LogP contribution is -2.27. The molecule has 0 saturated carbocycles. The van der Waals surface area contributed by atoms with E-state index in [0.29, 0.717) is 24.3 Å². The molecule has 33 heavy (non-hydrogen) atoms. The van der Waals surface area contributed by atoms with E-state index in [1.54, 1.807) is 24.3 Å². The van der Waals surface area contributed by atoms with Crippen molar-refractivity contribution in [3.63, 3.8) is 0 Å². The number of carbonyl (C=O) groups excluding carboxylic acids is 4. The Labute approximate surface area is 189 Å². The molecule has 1 atom stereocenters. The lowest BCUT2D eigenvalue weighted by atomic mass is 10.1. The topological polar surface area (TPSA) is 133 Å². The van der Waals surface area contributed by atoms with E-state index < -0.39 is 35.2 Å². The summed E-state index contributed by atoms with van der Waals surface area (Å²) in [5, 5.41) is 10.8. The second kappa shape index (κ2) is 10.5. The summed E-state index contributed by atoms with van der Waals surface area (Å²) in [6.07, 6.45) is 0.630. The van der Waals surface area contributed by atoms with Crippen LogP contribution in [0.2, 0.25) is 0 Å². The molecule has 0 aromatic heterocycles. The van der Waals surface area contributed by atoms with Crippen LogP contribution in [0.3, 0.4) is 0 Å². The Morgan fingerprint density at radius 3 is 2.48 bits per heavy atom. The van der Waals surface area contributed by atoms with E-state index in [-0.39, 0.29) is 30.1 Å². The molecule has 0 bridgehead atoms. The predicted molar refractivity (Wildman–Crippen MR) is 116 cm³/mol. The van der Waals surface area contributed by atoms with Gasteiger partial charge in [0, 0.05) is 36.3 Å². The van der Waals surface area contributed by atoms with Crippen molar-refractivity contribution >= 4 is 35.0 Å². The van der Waals surface area contributed by atoms with Crippen LogP contribution < -0.4 is 4.90 Å². The summed E-state index contributed by atoms with van der Waals surface area (Å²) in [7, 11) is 0. The number of amides is 1. The first-order valence-electron chi connectivity index (χ1n) is 10.3. The predicted octanol–water partition coefficient (Wildman–Crippen LogP) is 2.94. The minimum absolute atomic E-state index is 0.0543. The van der Waals surface area contributed by atoms with Gasteiger partial charge in [-0.05, 0) is 30.7 Å². The van der Waals surface area contributed by atoms with Crippen LogP contribution in [-0.4, -0.2) is 48.3 Å². The number of benzene rings is 2. The Kier molecular flexibility index (Phi) is 7.50. The lowest BCUT2D eigenvalue weighted by Gasteiger charge is -2.17. The second-order valence-corrected chi connectivity index (χ2v) is 7.43. The fourth-order valence-corrected chi connectivity index (χ4v) is 3.30. The zero-order valence-corrected chi connectivity index (χ0v) is 17.9. The lowest BCUT2D eigenvalue weighted by molar-refractivity contribution is -0.384. The van der Waals surface area contributed by atoms with Crippen molar-refractivity contribution in [1.82, 2.24) is 0 Å². The van der Waals surface area contributed by atoms with Gasteiger partial charge in [0.05, 0.1) is 23.0 Å². The van der Waals surface area contributed by atoms with Crippen LogP contribution in [0.4, 0.5) is 11.4 Å². The van der Waals surface area contributed by atoms with Crippen LogP contribution in [0.1, 0.15) is 40.5 Å². The van der Waals surface area contributed by atoms with Crippen molar-refractivity contribution in [3.05, 3.63) is 69.8 Å². The zero-order chi connectivity index (χ0) is 24.0. The van der Waals surface area contributed by atoms with E-state index in [2.05, 4.69) is 0 Å². The molecule has 0 spiro atoms. The standard InChI is InChI=1S/C23H22N2O8/c1-2-10-32-22(28)15-6-8-18(9-7-15)24-13-17(12-21(24)27)23(29)33-14-20(26)16-4-3-5-19(11-16)25(30)31/h3-9,11,17H,2,10,12-14H2,1H3/t17-/m1/s1. The van der Waals surface area contributed by atoms with Gasteiger partial charge in [-0.3, -0.25) is 24.5 Å². The summed E-state index contributed by atoms with van der Waals surface area (Å²) in [6.45, 7) is 1.70. The van der Waals surface area contributed by atoms with Crippen LogP contribution in [0.25, 0.3) is 0 Å². The smallest absolute Gasteiger partial charge is 0.338 e. The van der Waals surface area contributed by atoms with Crippen LogP contribution >= 0.6 is 0 Å². The molecule has 172 valence electrons. The van der Waals surface area contributed by atoms with Crippen molar-refractivity contribution in [2.24, 2.45) is 5.92 Å². The Balaban J connectivity index is 1.56. The van der Waals surface area contributed by atoms with Crippen molar-refractivity contribution in [1.29, 1.82) is 0 Å². The van der Waals surface area contributed by atoms with Gasteiger partial charge in [-0.1, -0.05) is 19.1 Å². The van der Waals surface area contributed by atoms with Gasteiger partial charge in [0.25, 0.3) is 5.69 Å². The molecule has 0 aliphatic carbocycles. The average molecular weight is 454 g/mol. The van der Waals surface area contributed by atoms with Gasteiger partial charge < -0.3 is 14.4 Å². The number of non-ortho nitro benzene ring substituents is 1. The maximum absolute atomic E-state index is 12.4.